The van der Waals surface area contributed by atoms with E-state index in [4.69, 9.17) is 11.6 Å². The molecule has 0 aliphatic carbocycles. The molecule has 2 heterocycles. The number of fused-ring (bicyclic) bond motifs is 1. The van der Waals surface area contributed by atoms with E-state index >= 15 is 0 Å². The molecule has 0 saturated carbocycles. The third-order valence-electron chi connectivity index (χ3n) is 3.51. The van der Waals surface area contributed by atoms with Gasteiger partial charge in [-0.05, 0) is 24.3 Å². The number of pyridine rings is 1. The summed E-state index contributed by atoms with van der Waals surface area (Å²) >= 11 is 5.88. The second kappa shape index (κ2) is 4.80. The van der Waals surface area contributed by atoms with Crippen molar-refractivity contribution in [2.24, 2.45) is 0 Å². The van der Waals surface area contributed by atoms with Gasteiger partial charge in [-0.1, -0.05) is 11.6 Å². The lowest BCUT2D eigenvalue weighted by Crippen LogP contribution is -2.25. The summed E-state index contributed by atoms with van der Waals surface area (Å²) in [6.07, 6.45) is -0.201. The van der Waals surface area contributed by atoms with Crippen molar-refractivity contribution >= 4 is 34.3 Å². The Morgan fingerprint density at radius 3 is 2.71 bits per heavy atom. The van der Waals surface area contributed by atoms with Gasteiger partial charge in [-0.3, -0.25) is 0 Å². The predicted octanol–water partition coefficient (Wildman–Crippen LogP) is 3.43. The maximum atomic E-state index is 13.3. The molecule has 1 saturated heterocycles. The Balaban J connectivity index is 2.06. The number of anilines is 1. The van der Waals surface area contributed by atoms with Gasteiger partial charge in [0.1, 0.15) is 5.82 Å². The molecular formula is C14H11ClF2N2O2. The summed E-state index contributed by atoms with van der Waals surface area (Å²) in [5, 5.41) is 9.71. The van der Waals surface area contributed by atoms with Crippen LogP contribution in [0.4, 0.5) is 14.6 Å². The van der Waals surface area contributed by atoms with E-state index < -0.39 is 11.9 Å². The number of hydrogen-bond donors (Lipinski definition) is 1. The van der Waals surface area contributed by atoms with Gasteiger partial charge in [-0.15, -0.1) is 0 Å². The summed E-state index contributed by atoms with van der Waals surface area (Å²) in [7, 11) is 0. The fourth-order valence-corrected chi connectivity index (χ4v) is 2.74. The molecule has 1 aliphatic rings. The molecule has 1 fully saturated rings. The summed E-state index contributed by atoms with van der Waals surface area (Å²) in [5.41, 5.74) is 0.393. The monoisotopic (exact) mass is 312 g/mol. The van der Waals surface area contributed by atoms with E-state index in [9.17, 15) is 18.7 Å². The quantitative estimate of drug-likeness (QED) is 0.923. The molecule has 0 radical (unpaired) electrons. The number of carbonyl (C=O) groups is 1. The van der Waals surface area contributed by atoms with Crippen molar-refractivity contribution in [2.75, 3.05) is 18.0 Å². The second-order valence-electron chi connectivity index (χ2n) is 4.99. The minimum Gasteiger partial charge on any atom is -0.478 e. The van der Waals surface area contributed by atoms with Crippen LogP contribution in [0, 0.1) is 0 Å². The van der Waals surface area contributed by atoms with E-state index in [0.29, 0.717) is 16.7 Å². The number of alkyl halides is 2. The van der Waals surface area contributed by atoms with Crippen molar-refractivity contribution in [1.29, 1.82) is 0 Å². The highest BCUT2D eigenvalue weighted by Crippen LogP contribution is 2.32. The van der Waals surface area contributed by atoms with Gasteiger partial charge < -0.3 is 10.0 Å². The topological polar surface area (TPSA) is 53.4 Å². The molecule has 0 bridgehead atoms. The highest BCUT2D eigenvalue weighted by molar-refractivity contribution is 6.35. The number of rotatable bonds is 2. The smallest absolute Gasteiger partial charge is 0.337 e. The van der Waals surface area contributed by atoms with Crippen molar-refractivity contribution in [3.63, 3.8) is 0 Å². The van der Waals surface area contributed by atoms with Crippen molar-refractivity contribution < 1.29 is 18.7 Å². The summed E-state index contributed by atoms with van der Waals surface area (Å²) < 4.78 is 26.5. The molecule has 0 atom stereocenters. The number of halogens is 3. The molecule has 0 amide bonds. The number of aromatic nitrogens is 1. The molecule has 110 valence electrons. The van der Waals surface area contributed by atoms with Crippen LogP contribution in [0.15, 0.2) is 24.3 Å². The summed E-state index contributed by atoms with van der Waals surface area (Å²) in [6, 6.07) is 6.14. The summed E-state index contributed by atoms with van der Waals surface area (Å²) in [4.78, 5) is 17.0. The van der Waals surface area contributed by atoms with E-state index in [0.717, 1.165) is 0 Å². The average molecular weight is 313 g/mol. The Kier molecular flexibility index (Phi) is 3.20. The maximum absolute atomic E-state index is 13.3. The van der Waals surface area contributed by atoms with Crippen LogP contribution >= 0.6 is 11.6 Å². The number of nitrogens with zero attached hydrogens (tertiary/aromatic N) is 2. The minimum absolute atomic E-state index is 0.0278. The number of carboxylic acids is 1. The number of carboxylic acid groups (broad SMARTS) is 1. The van der Waals surface area contributed by atoms with Crippen LogP contribution in [0.1, 0.15) is 16.8 Å². The van der Waals surface area contributed by atoms with Gasteiger partial charge in [0.25, 0.3) is 5.92 Å². The van der Waals surface area contributed by atoms with Crippen molar-refractivity contribution in [2.45, 2.75) is 12.3 Å². The van der Waals surface area contributed by atoms with Crippen LogP contribution in [-0.4, -0.2) is 35.1 Å². The zero-order valence-corrected chi connectivity index (χ0v) is 11.6. The Morgan fingerprint density at radius 1 is 1.33 bits per heavy atom. The highest BCUT2D eigenvalue weighted by Gasteiger charge is 2.38. The lowest BCUT2D eigenvalue weighted by molar-refractivity contribution is 0.0256. The first-order valence-electron chi connectivity index (χ1n) is 6.33. The molecule has 2 aromatic rings. The molecule has 0 unspecified atom stereocenters. The molecular weight excluding hydrogens is 302 g/mol. The standard InChI is InChI=1S/C14H11ClF2N2O2/c15-9-2-3-10-8(12(9)13(20)21)1-4-11(18-10)19-6-5-14(16,17)7-19/h1-4H,5-7H2,(H,20,21). The highest BCUT2D eigenvalue weighted by atomic mass is 35.5. The van der Waals surface area contributed by atoms with E-state index in [1.165, 1.54) is 11.0 Å². The number of benzene rings is 1. The van der Waals surface area contributed by atoms with Gasteiger partial charge in [0.05, 0.1) is 22.6 Å². The van der Waals surface area contributed by atoms with Crippen molar-refractivity contribution in [3.8, 4) is 0 Å². The van der Waals surface area contributed by atoms with Gasteiger partial charge in [-0.25, -0.2) is 18.6 Å². The van der Waals surface area contributed by atoms with E-state index in [-0.39, 0.29) is 30.1 Å². The third kappa shape index (κ3) is 2.51. The van der Waals surface area contributed by atoms with E-state index in [1.54, 1.807) is 18.2 Å². The normalized spacial score (nSPS) is 17.4. The zero-order chi connectivity index (χ0) is 15.2. The maximum Gasteiger partial charge on any atom is 0.337 e. The van der Waals surface area contributed by atoms with Crippen LogP contribution in [0.3, 0.4) is 0 Å². The fourth-order valence-electron chi connectivity index (χ4n) is 2.49. The fraction of sp³-hybridized carbons (Fsp3) is 0.286. The molecule has 3 rings (SSSR count). The largest absolute Gasteiger partial charge is 0.478 e. The van der Waals surface area contributed by atoms with Crippen LogP contribution < -0.4 is 4.90 Å². The zero-order valence-electron chi connectivity index (χ0n) is 10.8. The van der Waals surface area contributed by atoms with E-state index in [2.05, 4.69) is 4.98 Å². The van der Waals surface area contributed by atoms with Gasteiger partial charge >= 0.3 is 5.97 Å². The summed E-state index contributed by atoms with van der Waals surface area (Å²) in [6.45, 7) is -0.143. The number of aromatic carboxylic acids is 1. The lowest BCUT2D eigenvalue weighted by atomic mass is 10.1. The first-order chi connectivity index (χ1) is 9.87. The predicted molar refractivity (Wildman–Crippen MR) is 75.5 cm³/mol. The second-order valence-corrected chi connectivity index (χ2v) is 5.40. The van der Waals surface area contributed by atoms with Crippen LogP contribution in [-0.2, 0) is 0 Å². The molecule has 21 heavy (non-hydrogen) atoms. The van der Waals surface area contributed by atoms with Crippen molar-refractivity contribution in [3.05, 3.63) is 34.9 Å². The molecule has 1 aromatic carbocycles. The van der Waals surface area contributed by atoms with E-state index in [1.807, 2.05) is 0 Å². The van der Waals surface area contributed by atoms with Crippen LogP contribution in [0.25, 0.3) is 10.9 Å². The summed E-state index contributed by atoms with van der Waals surface area (Å²) in [5.74, 6) is -3.44. The van der Waals surface area contributed by atoms with Gasteiger partial charge in [0.15, 0.2) is 0 Å². The first kappa shape index (κ1) is 14.0. The van der Waals surface area contributed by atoms with Crippen LogP contribution in [0.5, 0.6) is 0 Å². The Labute approximate surface area is 124 Å². The molecule has 1 aliphatic heterocycles. The van der Waals surface area contributed by atoms with Gasteiger partial charge in [-0.2, -0.15) is 0 Å². The van der Waals surface area contributed by atoms with Gasteiger partial charge in [0.2, 0.25) is 0 Å². The first-order valence-corrected chi connectivity index (χ1v) is 6.70. The third-order valence-corrected chi connectivity index (χ3v) is 3.83. The minimum atomic E-state index is -2.71. The van der Waals surface area contributed by atoms with Crippen LogP contribution in [0.2, 0.25) is 5.02 Å². The molecule has 4 nitrogen and oxygen atoms in total. The molecule has 1 N–H and O–H groups in total. The SMILES string of the molecule is O=C(O)c1c(Cl)ccc2nc(N3CCC(F)(F)C3)ccc12. The Morgan fingerprint density at radius 2 is 2.10 bits per heavy atom. The average Bonchev–Trinajstić information content (AvgIpc) is 2.78. The molecule has 0 spiro atoms. The Bertz CT molecular complexity index is 736. The molecule has 1 aromatic heterocycles. The number of hydrogen-bond acceptors (Lipinski definition) is 3. The lowest BCUT2D eigenvalue weighted by Gasteiger charge is -2.17. The molecule has 7 heteroatoms. The Hall–Kier alpha value is -1.95. The van der Waals surface area contributed by atoms with Crippen molar-refractivity contribution in [1.82, 2.24) is 4.98 Å². The van der Waals surface area contributed by atoms with Gasteiger partial charge in [0, 0.05) is 18.4 Å².